The van der Waals surface area contributed by atoms with E-state index in [0.29, 0.717) is 6.92 Å². The summed E-state index contributed by atoms with van der Waals surface area (Å²) in [4.78, 5) is 21.3. The van der Waals surface area contributed by atoms with Gasteiger partial charge >= 0.3 is 17.8 Å². The van der Waals surface area contributed by atoms with Gasteiger partial charge in [-0.05, 0) is 20.8 Å². The summed E-state index contributed by atoms with van der Waals surface area (Å²) in [6.45, 7) is 5.20. The molecular weight excluding hydrogens is 179 g/mol. The van der Waals surface area contributed by atoms with E-state index in [4.69, 9.17) is 5.11 Å². The molecule has 13 heavy (non-hydrogen) atoms. The highest BCUT2D eigenvalue weighted by atomic mass is 19.2. The number of aliphatic carboxylic acids is 1. The molecule has 76 valence electrons. The number of carboxylic acids is 1. The quantitative estimate of drug-likeness (QED) is 0.670. The Hall–Kier alpha value is -1.13. The Morgan fingerprint density at radius 1 is 1.23 bits per heavy atom. The summed E-state index contributed by atoms with van der Waals surface area (Å²) in [6, 6.07) is 0. The van der Waals surface area contributed by atoms with Gasteiger partial charge in [0.1, 0.15) is 0 Å². The number of ether oxygens (including phenoxy) is 1. The highest BCUT2D eigenvalue weighted by Gasteiger charge is 2.40. The number of halogens is 1. The number of hydrogen-bond donors (Lipinski definition) is 1. The first-order valence-electron chi connectivity index (χ1n) is 3.73. The lowest BCUT2D eigenvalue weighted by Crippen LogP contribution is -2.39. The van der Waals surface area contributed by atoms with Crippen LogP contribution in [0.25, 0.3) is 0 Å². The number of hydrogen-bond acceptors (Lipinski definition) is 3. The van der Waals surface area contributed by atoms with Crippen LogP contribution in [-0.2, 0) is 14.3 Å². The maximum absolute atomic E-state index is 13.0. The Labute approximate surface area is 75.7 Å². The summed E-state index contributed by atoms with van der Waals surface area (Å²) < 4.78 is 17.1. The summed E-state index contributed by atoms with van der Waals surface area (Å²) in [7, 11) is 0. The third-order valence-corrected chi connectivity index (χ3v) is 1.28. The lowest BCUT2D eigenvalue weighted by Gasteiger charge is -2.22. The van der Waals surface area contributed by atoms with Crippen LogP contribution in [0.5, 0.6) is 0 Å². The monoisotopic (exact) mass is 192 g/mol. The molecule has 0 aromatic heterocycles. The van der Waals surface area contributed by atoms with Gasteiger partial charge in [-0.15, -0.1) is 0 Å². The van der Waals surface area contributed by atoms with E-state index in [-0.39, 0.29) is 0 Å². The Morgan fingerprint density at radius 2 is 1.62 bits per heavy atom. The van der Waals surface area contributed by atoms with Crippen LogP contribution >= 0.6 is 0 Å². The number of rotatable bonds is 2. The van der Waals surface area contributed by atoms with Crippen LogP contribution in [-0.4, -0.2) is 22.9 Å². The van der Waals surface area contributed by atoms with E-state index in [1.54, 1.807) is 0 Å². The van der Waals surface area contributed by atoms with Crippen molar-refractivity contribution in [2.45, 2.75) is 33.5 Å². The molecule has 0 fully saturated rings. The van der Waals surface area contributed by atoms with Crippen LogP contribution < -0.4 is 0 Å². The second kappa shape index (κ2) is 3.32. The predicted octanol–water partition coefficient (Wildman–Crippen LogP) is 1.35. The molecule has 0 heterocycles. The molecule has 0 saturated heterocycles. The fraction of sp³-hybridized carbons (Fsp3) is 0.750. The molecule has 0 spiro atoms. The number of carbonyl (C=O) groups is 2. The van der Waals surface area contributed by atoms with Gasteiger partial charge in [-0.2, -0.15) is 4.39 Å². The normalized spacial score (nSPS) is 16.1. The molecule has 1 atom stereocenters. The van der Waals surface area contributed by atoms with Crippen molar-refractivity contribution in [1.29, 1.82) is 0 Å². The fourth-order valence-corrected chi connectivity index (χ4v) is 0.371. The van der Waals surface area contributed by atoms with E-state index in [1.165, 1.54) is 20.8 Å². The zero-order valence-corrected chi connectivity index (χ0v) is 8.05. The molecule has 0 amide bonds. The lowest BCUT2D eigenvalue weighted by molar-refractivity contribution is -0.203. The van der Waals surface area contributed by atoms with Gasteiger partial charge < -0.3 is 9.84 Å². The maximum Gasteiger partial charge on any atom is 0.381 e. The number of alkyl halides is 1. The molecule has 0 aliphatic heterocycles. The van der Waals surface area contributed by atoms with Crippen LogP contribution in [0.1, 0.15) is 27.7 Å². The van der Waals surface area contributed by atoms with Gasteiger partial charge in [-0.25, -0.2) is 4.79 Å². The standard InChI is InChI=1S/C8H13FO4/c1-7(2,3)6(12)13-8(4,9)5(10)11/h1-4H3,(H,10,11). The number of carboxylic acid groups (broad SMARTS) is 1. The third kappa shape index (κ3) is 3.40. The smallest absolute Gasteiger partial charge is 0.381 e. The topological polar surface area (TPSA) is 63.6 Å². The number of carbonyl (C=O) groups excluding carboxylic acids is 1. The Morgan fingerprint density at radius 3 is 1.85 bits per heavy atom. The van der Waals surface area contributed by atoms with E-state index in [1.807, 2.05) is 0 Å². The van der Waals surface area contributed by atoms with Crippen molar-refractivity contribution in [2.75, 3.05) is 0 Å². The first kappa shape index (κ1) is 11.9. The van der Waals surface area contributed by atoms with Crippen molar-refractivity contribution in [3.8, 4) is 0 Å². The van der Waals surface area contributed by atoms with Crippen LogP contribution in [0.2, 0.25) is 0 Å². The van der Waals surface area contributed by atoms with E-state index < -0.39 is 23.2 Å². The molecule has 0 aliphatic rings. The zero-order valence-electron chi connectivity index (χ0n) is 8.05. The van der Waals surface area contributed by atoms with Gasteiger partial charge in [0.05, 0.1) is 5.41 Å². The van der Waals surface area contributed by atoms with Crippen molar-refractivity contribution in [3.63, 3.8) is 0 Å². The second-order valence-electron chi connectivity index (χ2n) is 3.86. The lowest BCUT2D eigenvalue weighted by atomic mass is 9.97. The Kier molecular flexibility index (Phi) is 3.03. The molecule has 0 aromatic rings. The van der Waals surface area contributed by atoms with Gasteiger partial charge in [0.15, 0.2) is 0 Å². The summed E-state index contributed by atoms with van der Waals surface area (Å²) in [5.74, 6) is -5.66. The van der Waals surface area contributed by atoms with Gasteiger partial charge in [-0.3, -0.25) is 4.79 Å². The molecule has 0 rings (SSSR count). The van der Waals surface area contributed by atoms with Crippen molar-refractivity contribution >= 4 is 11.9 Å². The van der Waals surface area contributed by atoms with Crippen LogP contribution in [0, 0.1) is 5.41 Å². The molecule has 0 radical (unpaired) electrons. The summed E-state index contributed by atoms with van der Waals surface area (Å²) in [5, 5.41) is 8.30. The van der Waals surface area contributed by atoms with E-state index in [0.717, 1.165) is 0 Å². The van der Waals surface area contributed by atoms with Gasteiger partial charge in [-0.1, -0.05) is 0 Å². The highest BCUT2D eigenvalue weighted by Crippen LogP contribution is 2.21. The average molecular weight is 192 g/mol. The summed E-state index contributed by atoms with van der Waals surface area (Å²) in [5.41, 5.74) is -0.914. The molecule has 0 bridgehead atoms. The number of esters is 1. The third-order valence-electron chi connectivity index (χ3n) is 1.28. The molecule has 0 aromatic carbocycles. The van der Waals surface area contributed by atoms with Crippen molar-refractivity contribution in [2.24, 2.45) is 5.41 Å². The van der Waals surface area contributed by atoms with Crippen LogP contribution in [0.15, 0.2) is 0 Å². The van der Waals surface area contributed by atoms with Gasteiger partial charge in [0.25, 0.3) is 0 Å². The largest absolute Gasteiger partial charge is 0.476 e. The maximum atomic E-state index is 13.0. The average Bonchev–Trinajstić information content (AvgIpc) is 1.83. The zero-order chi connectivity index (χ0) is 10.9. The molecule has 4 nitrogen and oxygen atoms in total. The summed E-state index contributed by atoms with van der Waals surface area (Å²) >= 11 is 0. The molecule has 1 unspecified atom stereocenters. The fourth-order valence-electron chi connectivity index (χ4n) is 0.371. The molecule has 0 saturated carbocycles. The van der Waals surface area contributed by atoms with Gasteiger partial charge in [0, 0.05) is 6.92 Å². The van der Waals surface area contributed by atoms with Crippen LogP contribution in [0.4, 0.5) is 4.39 Å². The summed E-state index contributed by atoms with van der Waals surface area (Å²) in [6.07, 6.45) is 0. The molecule has 1 N–H and O–H groups in total. The van der Waals surface area contributed by atoms with E-state index >= 15 is 0 Å². The van der Waals surface area contributed by atoms with E-state index in [2.05, 4.69) is 4.74 Å². The van der Waals surface area contributed by atoms with Crippen molar-refractivity contribution in [3.05, 3.63) is 0 Å². The van der Waals surface area contributed by atoms with E-state index in [9.17, 15) is 14.0 Å². The Balaban J connectivity index is 4.47. The van der Waals surface area contributed by atoms with Gasteiger partial charge in [0.2, 0.25) is 0 Å². The second-order valence-corrected chi connectivity index (χ2v) is 3.86. The molecular formula is C8H13FO4. The van der Waals surface area contributed by atoms with Crippen LogP contribution in [0.3, 0.4) is 0 Å². The van der Waals surface area contributed by atoms with Crippen molar-refractivity contribution in [1.82, 2.24) is 0 Å². The minimum Gasteiger partial charge on any atom is -0.476 e. The first-order chi connectivity index (χ1) is 5.57. The first-order valence-corrected chi connectivity index (χ1v) is 3.73. The minimum atomic E-state index is -2.95. The Bertz CT molecular complexity index is 227. The molecule has 5 heteroatoms. The minimum absolute atomic E-state index is 0.680. The SMILES string of the molecule is CC(C)(C)C(=O)OC(C)(F)C(=O)O. The predicted molar refractivity (Wildman–Crippen MR) is 42.7 cm³/mol. The van der Waals surface area contributed by atoms with Crippen molar-refractivity contribution < 1.29 is 23.8 Å². The highest BCUT2D eigenvalue weighted by molar-refractivity contribution is 5.82. The molecule has 0 aliphatic carbocycles.